The van der Waals surface area contributed by atoms with Crippen LogP contribution in [0.25, 0.3) is 0 Å². The first-order valence-electron chi connectivity index (χ1n) is 7.38. The summed E-state index contributed by atoms with van der Waals surface area (Å²) < 4.78 is 0. The summed E-state index contributed by atoms with van der Waals surface area (Å²) in [6, 6.07) is 0. The number of carbonyl (C=O) groups is 3. The summed E-state index contributed by atoms with van der Waals surface area (Å²) >= 11 is 1.10. The highest BCUT2D eigenvalue weighted by molar-refractivity contribution is 8.15. The molecule has 0 saturated heterocycles. The van der Waals surface area contributed by atoms with Gasteiger partial charge in [-0.05, 0) is 19.1 Å². The van der Waals surface area contributed by atoms with Crippen LogP contribution in [-0.2, 0) is 14.4 Å². The lowest BCUT2D eigenvalue weighted by atomic mass is 10.1. The number of nitrogens with zero attached hydrogens (tertiary/aromatic N) is 2. The van der Waals surface area contributed by atoms with E-state index in [2.05, 4.69) is 15.3 Å². The predicted octanol–water partition coefficient (Wildman–Crippen LogP) is 1.90. The van der Waals surface area contributed by atoms with Crippen LogP contribution in [-0.4, -0.2) is 59.9 Å². The second kappa shape index (κ2) is 12.7. The van der Waals surface area contributed by atoms with E-state index >= 15 is 0 Å². The SMILES string of the molecule is CS/C(=N\OC(=O)NCCCCCCCC(=O)O)C(=O)N(C)C. The van der Waals surface area contributed by atoms with Crippen molar-refractivity contribution in [3.8, 4) is 0 Å². The Labute approximate surface area is 140 Å². The lowest BCUT2D eigenvalue weighted by Gasteiger charge is -2.09. The minimum atomic E-state index is -0.771. The van der Waals surface area contributed by atoms with E-state index in [1.807, 2.05) is 0 Å². The molecular weight excluding hydrogens is 322 g/mol. The molecule has 0 aromatic heterocycles. The zero-order valence-electron chi connectivity index (χ0n) is 13.8. The van der Waals surface area contributed by atoms with Crippen molar-refractivity contribution in [3.63, 3.8) is 0 Å². The van der Waals surface area contributed by atoms with E-state index in [0.717, 1.165) is 37.4 Å². The maximum absolute atomic E-state index is 11.6. The molecule has 0 bridgehead atoms. The summed E-state index contributed by atoms with van der Waals surface area (Å²) in [5, 5.41) is 14.7. The molecule has 2 amide bonds. The molecule has 0 rings (SSSR count). The molecule has 0 aromatic carbocycles. The van der Waals surface area contributed by atoms with E-state index in [4.69, 9.17) is 5.11 Å². The molecule has 23 heavy (non-hydrogen) atoms. The highest BCUT2D eigenvalue weighted by Gasteiger charge is 2.14. The minimum Gasteiger partial charge on any atom is -0.481 e. The number of amides is 2. The van der Waals surface area contributed by atoms with Gasteiger partial charge >= 0.3 is 12.1 Å². The van der Waals surface area contributed by atoms with E-state index in [0.29, 0.717) is 13.0 Å². The van der Waals surface area contributed by atoms with Gasteiger partial charge in [-0.1, -0.05) is 24.4 Å². The summed E-state index contributed by atoms with van der Waals surface area (Å²) in [6.45, 7) is 0.448. The largest absolute Gasteiger partial charge is 0.481 e. The van der Waals surface area contributed by atoms with Gasteiger partial charge in [0.15, 0.2) is 0 Å². The Bertz CT molecular complexity index is 427. The summed E-state index contributed by atoms with van der Waals surface area (Å²) in [5.74, 6) is -1.10. The van der Waals surface area contributed by atoms with Crippen LogP contribution in [0.15, 0.2) is 5.16 Å². The molecular formula is C14H25N3O5S. The number of carboxylic acid groups (broad SMARTS) is 1. The van der Waals surface area contributed by atoms with Gasteiger partial charge in [0.25, 0.3) is 5.91 Å². The highest BCUT2D eigenvalue weighted by atomic mass is 32.2. The fourth-order valence-corrected chi connectivity index (χ4v) is 2.06. The summed E-state index contributed by atoms with van der Waals surface area (Å²) in [6.07, 6.45) is 5.32. The van der Waals surface area contributed by atoms with Crippen molar-refractivity contribution in [3.05, 3.63) is 0 Å². The third-order valence-corrected chi connectivity index (χ3v) is 3.47. The molecule has 132 valence electrons. The Kier molecular flexibility index (Phi) is 11.8. The first-order chi connectivity index (χ1) is 10.9. The van der Waals surface area contributed by atoms with Crippen molar-refractivity contribution in [2.24, 2.45) is 5.16 Å². The van der Waals surface area contributed by atoms with Crippen LogP contribution in [0.2, 0.25) is 0 Å². The van der Waals surface area contributed by atoms with Crippen molar-refractivity contribution >= 4 is 34.8 Å². The van der Waals surface area contributed by atoms with Gasteiger partial charge in [0.2, 0.25) is 5.04 Å². The van der Waals surface area contributed by atoms with Crippen LogP contribution >= 0.6 is 11.8 Å². The molecule has 0 aliphatic heterocycles. The number of aliphatic carboxylic acids is 1. The number of nitrogens with one attached hydrogen (secondary N) is 1. The van der Waals surface area contributed by atoms with E-state index < -0.39 is 12.1 Å². The van der Waals surface area contributed by atoms with E-state index in [9.17, 15) is 14.4 Å². The van der Waals surface area contributed by atoms with Gasteiger partial charge in [-0.3, -0.25) is 14.4 Å². The number of oxime groups is 1. The van der Waals surface area contributed by atoms with Crippen molar-refractivity contribution in [1.82, 2.24) is 10.2 Å². The Morgan fingerprint density at radius 3 is 2.30 bits per heavy atom. The number of carboxylic acids is 1. The fourth-order valence-electron chi connectivity index (χ4n) is 1.59. The Morgan fingerprint density at radius 1 is 1.13 bits per heavy atom. The topological polar surface area (TPSA) is 108 Å². The standard InChI is InChI=1S/C14H25N3O5S/c1-17(2)13(20)12(23-3)16-22-14(21)15-10-8-6-4-5-7-9-11(18)19/h4-10H2,1-3H3,(H,15,21)(H,18,19)/b16-12-. The second-order valence-corrected chi connectivity index (χ2v) is 5.81. The average Bonchev–Trinajstić information content (AvgIpc) is 2.49. The fraction of sp³-hybridized carbons (Fsp3) is 0.714. The maximum Gasteiger partial charge on any atom is 0.433 e. The maximum atomic E-state index is 11.6. The number of carbonyl (C=O) groups excluding carboxylic acids is 2. The van der Waals surface area contributed by atoms with E-state index in [1.165, 1.54) is 4.90 Å². The van der Waals surface area contributed by atoms with Gasteiger partial charge in [0.05, 0.1) is 0 Å². The number of unbranched alkanes of at least 4 members (excludes halogenated alkanes) is 4. The molecule has 0 saturated carbocycles. The first-order valence-corrected chi connectivity index (χ1v) is 8.61. The molecule has 8 nitrogen and oxygen atoms in total. The Balaban J connectivity index is 3.78. The lowest BCUT2D eigenvalue weighted by molar-refractivity contribution is -0.137. The molecule has 0 unspecified atom stereocenters. The van der Waals surface area contributed by atoms with Gasteiger partial charge in [0, 0.05) is 27.1 Å². The van der Waals surface area contributed by atoms with Crippen LogP contribution in [0.3, 0.4) is 0 Å². The first kappa shape index (κ1) is 21.2. The highest BCUT2D eigenvalue weighted by Crippen LogP contribution is 2.05. The van der Waals surface area contributed by atoms with Crippen molar-refractivity contribution < 1.29 is 24.3 Å². The molecule has 0 radical (unpaired) electrons. The third-order valence-electron chi connectivity index (χ3n) is 2.83. The second-order valence-electron chi connectivity index (χ2n) is 5.02. The zero-order chi connectivity index (χ0) is 17.7. The van der Waals surface area contributed by atoms with Crippen molar-refractivity contribution in [2.75, 3.05) is 26.9 Å². The molecule has 0 aliphatic carbocycles. The molecule has 0 heterocycles. The molecule has 0 atom stereocenters. The number of hydrogen-bond acceptors (Lipinski definition) is 6. The quantitative estimate of drug-likeness (QED) is 0.217. The van der Waals surface area contributed by atoms with Crippen LogP contribution in [0.5, 0.6) is 0 Å². The summed E-state index contributed by atoms with van der Waals surface area (Å²) in [5.41, 5.74) is 0. The van der Waals surface area contributed by atoms with Gasteiger partial charge in [-0.2, -0.15) is 0 Å². The van der Waals surface area contributed by atoms with E-state index in [-0.39, 0.29) is 17.4 Å². The molecule has 0 spiro atoms. The summed E-state index contributed by atoms with van der Waals surface area (Å²) in [7, 11) is 3.18. The average molecular weight is 347 g/mol. The monoisotopic (exact) mass is 347 g/mol. The molecule has 0 aromatic rings. The van der Waals surface area contributed by atoms with Crippen molar-refractivity contribution in [2.45, 2.75) is 38.5 Å². The minimum absolute atomic E-state index is 0.101. The van der Waals surface area contributed by atoms with E-state index in [1.54, 1.807) is 20.4 Å². The Morgan fingerprint density at radius 2 is 1.74 bits per heavy atom. The van der Waals surface area contributed by atoms with Gasteiger partial charge in [0.1, 0.15) is 0 Å². The summed E-state index contributed by atoms with van der Waals surface area (Å²) in [4.78, 5) is 39.4. The van der Waals surface area contributed by atoms with Gasteiger partial charge in [-0.25, -0.2) is 4.79 Å². The van der Waals surface area contributed by atoms with Crippen molar-refractivity contribution in [1.29, 1.82) is 0 Å². The molecule has 0 fully saturated rings. The van der Waals surface area contributed by atoms with Crippen LogP contribution in [0.1, 0.15) is 38.5 Å². The normalized spacial score (nSPS) is 11.0. The van der Waals surface area contributed by atoms with Crippen LogP contribution in [0.4, 0.5) is 4.79 Å². The lowest BCUT2D eigenvalue weighted by Crippen LogP contribution is -2.29. The number of rotatable bonds is 9. The Hall–Kier alpha value is -1.77. The molecule has 2 N–H and O–H groups in total. The van der Waals surface area contributed by atoms with Crippen LogP contribution < -0.4 is 5.32 Å². The molecule has 0 aliphatic rings. The van der Waals surface area contributed by atoms with Crippen LogP contribution in [0, 0.1) is 0 Å². The van der Waals surface area contributed by atoms with Gasteiger partial charge < -0.3 is 15.3 Å². The molecule has 9 heteroatoms. The smallest absolute Gasteiger partial charge is 0.433 e. The van der Waals surface area contributed by atoms with Gasteiger partial charge in [-0.15, -0.1) is 11.8 Å². The zero-order valence-corrected chi connectivity index (χ0v) is 14.6. The third kappa shape index (κ3) is 11.5. The predicted molar refractivity (Wildman–Crippen MR) is 89.5 cm³/mol. The number of thioether (sulfide) groups is 1. The number of hydrogen-bond donors (Lipinski definition) is 2.